The predicted molar refractivity (Wildman–Crippen MR) is 121 cm³/mol. The zero-order valence-corrected chi connectivity index (χ0v) is 18.0. The lowest BCUT2D eigenvalue weighted by Crippen LogP contribution is -2.41. The molecule has 0 unspecified atom stereocenters. The van der Waals surface area contributed by atoms with Crippen molar-refractivity contribution < 1.29 is 4.79 Å². The lowest BCUT2D eigenvalue weighted by atomic mass is 10.1. The average molecular weight is 406 g/mol. The van der Waals surface area contributed by atoms with Gasteiger partial charge in [0.05, 0.1) is 12.1 Å². The van der Waals surface area contributed by atoms with E-state index in [2.05, 4.69) is 47.1 Å². The second kappa shape index (κ2) is 10.6. The summed E-state index contributed by atoms with van der Waals surface area (Å²) in [6.07, 6.45) is 6.08. The molecule has 1 saturated heterocycles. The number of hydrogen-bond donors (Lipinski definition) is 0. The Morgan fingerprint density at radius 2 is 1.97 bits per heavy atom. The molecule has 2 heterocycles. The highest BCUT2D eigenvalue weighted by atomic mass is 16.2. The first-order valence-electron chi connectivity index (χ1n) is 10.8. The smallest absolute Gasteiger partial charge is 0.242 e. The Hall–Kier alpha value is -3.07. The number of unbranched alkanes of at least 4 members (excludes halogenated alkanes) is 1. The number of aryl methyl sites for hydroxylation is 1. The van der Waals surface area contributed by atoms with Gasteiger partial charge in [0.2, 0.25) is 5.91 Å². The number of rotatable bonds is 7. The van der Waals surface area contributed by atoms with Crippen molar-refractivity contribution in [3.8, 4) is 6.07 Å². The number of pyridine rings is 1. The second-order valence-electron chi connectivity index (χ2n) is 7.83. The maximum Gasteiger partial charge on any atom is 0.242 e. The van der Waals surface area contributed by atoms with Gasteiger partial charge in [-0.15, -0.1) is 0 Å². The van der Waals surface area contributed by atoms with Crippen LogP contribution in [0.3, 0.4) is 0 Å². The van der Waals surface area contributed by atoms with E-state index in [-0.39, 0.29) is 5.91 Å². The SMILES string of the molecule is CCCCc1ccc(N(C)CC(=O)N2CCCN(c3ncccc3C#N)CC2)cc1. The Morgan fingerprint density at radius 3 is 2.70 bits per heavy atom. The molecular formula is C24H31N5O. The summed E-state index contributed by atoms with van der Waals surface area (Å²) >= 11 is 0. The highest BCUT2D eigenvalue weighted by Gasteiger charge is 2.22. The van der Waals surface area contributed by atoms with Gasteiger partial charge in [-0.3, -0.25) is 4.79 Å². The van der Waals surface area contributed by atoms with Crippen LogP contribution < -0.4 is 9.80 Å². The summed E-state index contributed by atoms with van der Waals surface area (Å²) in [6, 6.07) is 14.3. The molecule has 0 spiro atoms. The van der Waals surface area contributed by atoms with E-state index in [1.807, 2.05) is 16.8 Å². The van der Waals surface area contributed by atoms with Crippen LogP contribution in [0.5, 0.6) is 0 Å². The lowest BCUT2D eigenvalue weighted by Gasteiger charge is -2.26. The average Bonchev–Trinajstić information content (AvgIpc) is 3.04. The number of nitriles is 1. The highest BCUT2D eigenvalue weighted by Crippen LogP contribution is 2.19. The molecular weight excluding hydrogens is 374 g/mol. The summed E-state index contributed by atoms with van der Waals surface area (Å²) in [5.74, 6) is 0.852. The molecule has 1 amide bonds. The summed E-state index contributed by atoms with van der Waals surface area (Å²) in [6.45, 7) is 5.42. The van der Waals surface area contributed by atoms with Gasteiger partial charge in [0.25, 0.3) is 0 Å². The summed E-state index contributed by atoms with van der Waals surface area (Å²) < 4.78 is 0. The van der Waals surface area contributed by atoms with Crippen LogP contribution in [0.15, 0.2) is 42.6 Å². The van der Waals surface area contributed by atoms with Crippen LogP contribution in [0.1, 0.15) is 37.3 Å². The van der Waals surface area contributed by atoms with E-state index in [1.54, 1.807) is 18.3 Å². The standard InChI is InChI=1S/C24H31N5O/c1-3-4-7-20-9-11-22(12-10-20)27(2)19-23(30)28-14-6-15-29(17-16-28)24-21(18-25)8-5-13-26-24/h5,8-13H,3-4,6-7,14-17,19H2,1-2H3. The van der Waals surface area contributed by atoms with E-state index in [0.717, 1.165) is 37.4 Å². The molecule has 1 aliphatic rings. The molecule has 2 aromatic rings. The number of carbonyl (C=O) groups is 1. The Morgan fingerprint density at radius 1 is 1.17 bits per heavy atom. The number of amides is 1. The molecule has 6 heteroatoms. The number of benzene rings is 1. The molecule has 1 fully saturated rings. The first-order valence-corrected chi connectivity index (χ1v) is 10.8. The molecule has 0 saturated carbocycles. The Labute approximate surface area is 179 Å². The van der Waals surface area contributed by atoms with E-state index < -0.39 is 0 Å². The molecule has 3 rings (SSSR count). The van der Waals surface area contributed by atoms with E-state index in [9.17, 15) is 10.1 Å². The normalized spacial score (nSPS) is 14.2. The first-order chi connectivity index (χ1) is 14.6. The van der Waals surface area contributed by atoms with Crippen LogP contribution in [-0.2, 0) is 11.2 Å². The minimum Gasteiger partial charge on any atom is -0.365 e. The van der Waals surface area contributed by atoms with Crippen LogP contribution in [-0.4, -0.2) is 55.6 Å². The minimum absolute atomic E-state index is 0.135. The van der Waals surface area contributed by atoms with Gasteiger partial charge in [-0.05, 0) is 49.1 Å². The zero-order valence-electron chi connectivity index (χ0n) is 18.0. The predicted octanol–water partition coefficient (Wildman–Crippen LogP) is 3.47. The van der Waals surface area contributed by atoms with Crippen molar-refractivity contribution >= 4 is 17.4 Å². The summed E-state index contributed by atoms with van der Waals surface area (Å²) in [5, 5.41) is 9.34. The van der Waals surface area contributed by atoms with Crippen LogP contribution >= 0.6 is 0 Å². The summed E-state index contributed by atoms with van der Waals surface area (Å²) in [4.78, 5) is 23.4. The van der Waals surface area contributed by atoms with Gasteiger partial charge in [0.15, 0.2) is 0 Å². The number of anilines is 2. The van der Waals surface area contributed by atoms with Gasteiger partial charge < -0.3 is 14.7 Å². The number of hydrogen-bond acceptors (Lipinski definition) is 5. The van der Waals surface area contributed by atoms with Gasteiger partial charge in [-0.2, -0.15) is 5.26 Å². The van der Waals surface area contributed by atoms with Crippen molar-refractivity contribution in [3.63, 3.8) is 0 Å². The number of aromatic nitrogens is 1. The largest absolute Gasteiger partial charge is 0.365 e. The fourth-order valence-corrected chi connectivity index (χ4v) is 3.81. The Kier molecular flexibility index (Phi) is 7.67. The Balaban J connectivity index is 1.56. The van der Waals surface area contributed by atoms with Crippen molar-refractivity contribution in [2.24, 2.45) is 0 Å². The number of nitrogens with zero attached hydrogens (tertiary/aromatic N) is 5. The van der Waals surface area contributed by atoms with Gasteiger partial charge in [-0.1, -0.05) is 25.5 Å². The fraction of sp³-hybridized carbons (Fsp3) is 0.458. The van der Waals surface area contributed by atoms with Crippen molar-refractivity contribution in [3.05, 3.63) is 53.7 Å². The van der Waals surface area contributed by atoms with Crippen LogP contribution in [0.2, 0.25) is 0 Å². The summed E-state index contributed by atoms with van der Waals surface area (Å²) in [5.41, 5.74) is 2.99. The third kappa shape index (κ3) is 5.50. The number of likely N-dealkylation sites (N-methyl/N-ethyl adjacent to an activating group) is 1. The quantitative estimate of drug-likeness (QED) is 0.706. The first kappa shape index (κ1) is 21.6. The maximum atomic E-state index is 12.9. The maximum absolute atomic E-state index is 12.9. The lowest BCUT2D eigenvalue weighted by molar-refractivity contribution is -0.129. The molecule has 0 radical (unpaired) electrons. The second-order valence-corrected chi connectivity index (χ2v) is 7.83. The molecule has 0 bridgehead atoms. The van der Waals surface area contributed by atoms with E-state index in [4.69, 9.17) is 0 Å². The molecule has 158 valence electrons. The van der Waals surface area contributed by atoms with Crippen molar-refractivity contribution in [2.45, 2.75) is 32.6 Å². The monoisotopic (exact) mass is 405 g/mol. The van der Waals surface area contributed by atoms with E-state index >= 15 is 0 Å². The van der Waals surface area contributed by atoms with Crippen molar-refractivity contribution in [2.75, 3.05) is 49.6 Å². The fourth-order valence-electron chi connectivity index (χ4n) is 3.81. The molecule has 0 atom stereocenters. The Bertz CT molecular complexity index is 874. The van der Waals surface area contributed by atoms with Gasteiger partial charge in [0.1, 0.15) is 11.9 Å². The molecule has 0 N–H and O–H groups in total. The van der Waals surface area contributed by atoms with Gasteiger partial charge >= 0.3 is 0 Å². The van der Waals surface area contributed by atoms with Gasteiger partial charge in [-0.25, -0.2) is 4.98 Å². The molecule has 6 nitrogen and oxygen atoms in total. The topological polar surface area (TPSA) is 63.5 Å². The van der Waals surface area contributed by atoms with Crippen molar-refractivity contribution in [1.29, 1.82) is 5.26 Å². The molecule has 30 heavy (non-hydrogen) atoms. The third-order valence-corrected chi connectivity index (χ3v) is 5.62. The van der Waals surface area contributed by atoms with Crippen LogP contribution in [0.25, 0.3) is 0 Å². The van der Waals surface area contributed by atoms with Crippen LogP contribution in [0, 0.1) is 11.3 Å². The van der Waals surface area contributed by atoms with E-state index in [0.29, 0.717) is 25.2 Å². The molecule has 1 aliphatic heterocycles. The minimum atomic E-state index is 0.135. The number of carbonyl (C=O) groups excluding carboxylic acids is 1. The zero-order chi connectivity index (χ0) is 21.3. The molecule has 1 aromatic heterocycles. The summed E-state index contributed by atoms with van der Waals surface area (Å²) in [7, 11) is 1.97. The van der Waals surface area contributed by atoms with Crippen molar-refractivity contribution in [1.82, 2.24) is 9.88 Å². The van der Waals surface area contributed by atoms with E-state index in [1.165, 1.54) is 18.4 Å². The highest BCUT2D eigenvalue weighted by molar-refractivity contribution is 5.81. The molecule has 1 aromatic carbocycles. The third-order valence-electron chi connectivity index (χ3n) is 5.62. The molecule has 0 aliphatic carbocycles. The van der Waals surface area contributed by atoms with Crippen LogP contribution in [0.4, 0.5) is 11.5 Å². The van der Waals surface area contributed by atoms with Gasteiger partial charge in [0, 0.05) is 45.1 Å².